The van der Waals surface area contributed by atoms with E-state index in [0.717, 1.165) is 30.3 Å². The van der Waals surface area contributed by atoms with Crippen LogP contribution in [0.4, 0.5) is 10.1 Å². The van der Waals surface area contributed by atoms with Crippen molar-refractivity contribution in [2.45, 2.75) is 51.1 Å². The largest absolute Gasteiger partial charge is 0.374 e. The molecule has 0 saturated heterocycles. The molecule has 1 aromatic carbocycles. The maximum Gasteiger partial charge on any atom is 0.125 e. The van der Waals surface area contributed by atoms with E-state index in [0.29, 0.717) is 6.04 Å². The minimum Gasteiger partial charge on any atom is -0.374 e. The van der Waals surface area contributed by atoms with Crippen LogP contribution in [0.25, 0.3) is 0 Å². The fourth-order valence-corrected chi connectivity index (χ4v) is 3.19. The molecule has 110 valence electrons. The first-order valence-corrected chi connectivity index (χ1v) is 7.95. The Morgan fingerprint density at radius 3 is 2.60 bits per heavy atom. The molecule has 2 nitrogen and oxygen atoms in total. The summed E-state index contributed by atoms with van der Waals surface area (Å²) in [4.78, 5) is 2.22. The predicted octanol–water partition coefficient (Wildman–Crippen LogP) is 3.70. The third-order valence-electron chi connectivity index (χ3n) is 4.56. The zero-order chi connectivity index (χ0) is 13.9. The van der Waals surface area contributed by atoms with Crippen molar-refractivity contribution in [1.29, 1.82) is 0 Å². The minimum atomic E-state index is -0.117. The molecule has 0 atom stereocenters. The van der Waals surface area contributed by atoms with Gasteiger partial charge in [0.25, 0.3) is 0 Å². The zero-order valence-corrected chi connectivity index (χ0v) is 12.4. The first-order chi connectivity index (χ1) is 9.70. The lowest BCUT2D eigenvalue weighted by Crippen LogP contribution is -2.24. The zero-order valence-electron chi connectivity index (χ0n) is 12.4. The van der Waals surface area contributed by atoms with Gasteiger partial charge in [-0.3, -0.25) is 0 Å². The Balaban J connectivity index is 1.63. The van der Waals surface area contributed by atoms with E-state index in [2.05, 4.69) is 23.3 Å². The lowest BCUT2D eigenvalue weighted by Gasteiger charge is -2.24. The minimum absolute atomic E-state index is 0.117. The van der Waals surface area contributed by atoms with Gasteiger partial charge in [-0.05, 0) is 55.4 Å². The van der Waals surface area contributed by atoms with Crippen molar-refractivity contribution in [3.05, 3.63) is 29.6 Å². The van der Waals surface area contributed by atoms with Crippen molar-refractivity contribution in [1.82, 2.24) is 5.32 Å². The summed E-state index contributed by atoms with van der Waals surface area (Å²) in [6.45, 7) is 1.84. The van der Waals surface area contributed by atoms with Gasteiger partial charge in [0.1, 0.15) is 5.82 Å². The smallest absolute Gasteiger partial charge is 0.125 e. The van der Waals surface area contributed by atoms with Gasteiger partial charge in [0, 0.05) is 31.9 Å². The van der Waals surface area contributed by atoms with Gasteiger partial charge in [-0.25, -0.2) is 4.39 Å². The van der Waals surface area contributed by atoms with Crippen LogP contribution in [0.3, 0.4) is 0 Å². The molecule has 0 aliphatic heterocycles. The number of hydrogen-bond donors (Lipinski definition) is 1. The predicted molar refractivity (Wildman–Crippen MR) is 81.5 cm³/mol. The molecule has 1 N–H and O–H groups in total. The van der Waals surface area contributed by atoms with E-state index in [1.54, 1.807) is 12.1 Å². The van der Waals surface area contributed by atoms with Crippen LogP contribution in [0.15, 0.2) is 18.2 Å². The second-order valence-electron chi connectivity index (χ2n) is 6.50. The lowest BCUT2D eigenvalue weighted by atomic mass is 10.1. The Kier molecular flexibility index (Phi) is 4.25. The molecule has 1 aromatic rings. The van der Waals surface area contributed by atoms with Crippen molar-refractivity contribution in [3.63, 3.8) is 0 Å². The number of anilines is 1. The van der Waals surface area contributed by atoms with Crippen LogP contribution in [0.1, 0.15) is 44.1 Å². The third kappa shape index (κ3) is 3.72. The highest BCUT2D eigenvalue weighted by molar-refractivity contribution is 5.48. The first-order valence-electron chi connectivity index (χ1n) is 7.95. The average Bonchev–Trinajstić information content (AvgIpc) is 3.12. The van der Waals surface area contributed by atoms with Crippen LogP contribution in [-0.4, -0.2) is 19.6 Å². The van der Waals surface area contributed by atoms with Crippen LogP contribution in [0, 0.1) is 11.7 Å². The molecule has 0 amide bonds. The highest BCUT2D eigenvalue weighted by Gasteiger charge is 2.20. The summed E-state index contributed by atoms with van der Waals surface area (Å²) < 4.78 is 13.8. The van der Waals surface area contributed by atoms with Gasteiger partial charge in [-0.1, -0.05) is 12.8 Å². The highest BCUT2D eigenvalue weighted by Crippen LogP contribution is 2.27. The number of nitrogens with zero attached hydrogens (tertiary/aromatic N) is 1. The van der Waals surface area contributed by atoms with Gasteiger partial charge in [-0.15, -0.1) is 0 Å². The lowest BCUT2D eigenvalue weighted by molar-refractivity contribution is 0.545. The summed E-state index contributed by atoms with van der Waals surface area (Å²) in [5.41, 5.74) is 2.08. The molecule has 0 bridgehead atoms. The quantitative estimate of drug-likeness (QED) is 0.852. The van der Waals surface area contributed by atoms with Crippen LogP contribution in [-0.2, 0) is 6.54 Å². The van der Waals surface area contributed by atoms with Gasteiger partial charge in [0.2, 0.25) is 0 Å². The van der Waals surface area contributed by atoms with Gasteiger partial charge in [0.05, 0.1) is 0 Å². The van der Waals surface area contributed by atoms with Gasteiger partial charge < -0.3 is 10.2 Å². The van der Waals surface area contributed by atoms with E-state index < -0.39 is 0 Å². The average molecular weight is 276 g/mol. The van der Waals surface area contributed by atoms with E-state index in [-0.39, 0.29) is 5.82 Å². The van der Waals surface area contributed by atoms with Crippen molar-refractivity contribution in [2.24, 2.45) is 5.92 Å². The van der Waals surface area contributed by atoms with E-state index in [4.69, 9.17) is 0 Å². The fraction of sp³-hybridized carbons (Fsp3) is 0.647. The fourth-order valence-electron chi connectivity index (χ4n) is 3.19. The number of hydrogen-bond acceptors (Lipinski definition) is 2. The molecular formula is C17H25FN2. The SMILES string of the molecule is CN(CC1CCCC1)c1cc(F)cc(CNC2CC2)c1. The van der Waals surface area contributed by atoms with Gasteiger partial charge in [-0.2, -0.15) is 0 Å². The summed E-state index contributed by atoms with van der Waals surface area (Å²) in [7, 11) is 2.09. The number of benzene rings is 1. The Morgan fingerprint density at radius 1 is 1.15 bits per heavy atom. The molecule has 2 saturated carbocycles. The van der Waals surface area contributed by atoms with Crippen molar-refractivity contribution >= 4 is 5.69 Å². The number of rotatable bonds is 6. The third-order valence-corrected chi connectivity index (χ3v) is 4.56. The molecule has 2 aliphatic carbocycles. The number of nitrogens with one attached hydrogen (secondary N) is 1. The Labute approximate surface area is 121 Å². The van der Waals surface area contributed by atoms with E-state index in [1.165, 1.54) is 38.5 Å². The van der Waals surface area contributed by atoms with E-state index >= 15 is 0 Å². The summed E-state index contributed by atoms with van der Waals surface area (Å²) in [5, 5.41) is 3.45. The molecule has 2 aliphatic rings. The van der Waals surface area contributed by atoms with Crippen molar-refractivity contribution < 1.29 is 4.39 Å². The topological polar surface area (TPSA) is 15.3 Å². The van der Waals surface area contributed by atoms with E-state index in [9.17, 15) is 4.39 Å². The summed E-state index contributed by atoms with van der Waals surface area (Å²) in [6.07, 6.45) is 7.91. The van der Waals surface area contributed by atoms with Crippen molar-refractivity contribution in [3.8, 4) is 0 Å². The molecule has 3 rings (SSSR count). The monoisotopic (exact) mass is 276 g/mol. The second-order valence-corrected chi connectivity index (χ2v) is 6.50. The van der Waals surface area contributed by atoms with Gasteiger partial charge >= 0.3 is 0 Å². The van der Waals surface area contributed by atoms with Crippen LogP contribution >= 0.6 is 0 Å². The highest BCUT2D eigenvalue weighted by atomic mass is 19.1. The van der Waals surface area contributed by atoms with Crippen LogP contribution in [0.5, 0.6) is 0 Å². The molecule has 0 spiro atoms. The Morgan fingerprint density at radius 2 is 1.90 bits per heavy atom. The normalized spacial score (nSPS) is 19.5. The number of halogens is 1. The maximum absolute atomic E-state index is 13.8. The first kappa shape index (κ1) is 13.9. The molecule has 2 fully saturated rings. The van der Waals surface area contributed by atoms with Gasteiger partial charge in [0.15, 0.2) is 0 Å². The van der Waals surface area contributed by atoms with E-state index in [1.807, 2.05) is 0 Å². The summed E-state index contributed by atoms with van der Waals surface area (Å²) in [5.74, 6) is 0.671. The summed E-state index contributed by atoms with van der Waals surface area (Å²) in [6, 6.07) is 6.11. The molecule has 0 unspecified atom stereocenters. The molecule has 3 heteroatoms. The molecule has 0 heterocycles. The molecule has 0 radical (unpaired) electrons. The Hall–Kier alpha value is -1.09. The summed E-state index contributed by atoms with van der Waals surface area (Å²) >= 11 is 0. The van der Waals surface area contributed by atoms with Crippen LogP contribution < -0.4 is 10.2 Å². The molecular weight excluding hydrogens is 251 g/mol. The Bertz CT molecular complexity index is 450. The van der Waals surface area contributed by atoms with Crippen LogP contribution in [0.2, 0.25) is 0 Å². The maximum atomic E-state index is 13.8. The van der Waals surface area contributed by atoms with Crippen molar-refractivity contribution in [2.75, 3.05) is 18.5 Å². The molecule has 20 heavy (non-hydrogen) atoms. The second kappa shape index (κ2) is 6.13. The molecule has 0 aromatic heterocycles. The standard InChI is InChI=1S/C17H25FN2/c1-20(12-13-4-2-3-5-13)17-9-14(8-15(18)10-17)11-19-16-6-7-16/h8-10,13,16,19H,2-7,11-12H2,1H3.